The molecule has 3 atom stereocenters. The highest BCUT2D eigenvalue weighted by atomic mass is 35.5. The number of β-lactam (4-membered cyclic amide) rings is 1. The smallest absolute Gasteiger partial charge is 0.330 e. The van der Waals surface area contributed by atoms with Crippen LogP contribution in [0.5, 0.6) is 0 Å². The highest BCUT2D eigenvalue weighted by Gasteiger charge is 2.53. The van der Waals surface area contributed by atoms with E-state index in [2.05, 4.69) is 11.9 Å². The third kappa shape index (κ3) is 2.45. The van der Waals surface area contributed by atoms with Crippen molar-refractivity contribution < 1.29 is 23.9 Å². The number of hydrogen-bond acceptors (Lipinski definition) is 3. The molecule has 1 fully saturated rings. The summed E-state index contributed by atoms with van der Waals surface area (Å²) in [7, 11) is 0. The van der Waals surface area contributed by atoms with Gasteiger partial charge in [0.25, 0.3) is 5.91 Å². The van der Waals surface area contributed by atoms with Gasteiger partial charge in [0, 0.05) is 0 Å². The highest BCUT2D eigenvalue weighted by Crippen LogP contribution is 2.27. The van der Waals surface area contributed by atoms with Gasteiger partial charge in [-0.15, -0.1) is 11.6 Å². The van der Waals surface area contributed by atoms with Crippen LogP contribution in [0.4, 0.5) is 4.39 Å². The fourth-order valence-corrected chi connectivity index (χ4v) is 1.73. The summed E-state index contributed by atoms with van der Waals surface area (Å²) in [6.07, 6.45) is -1.90. The zero-order valence-corrected chi connectivity index (χ0v) is 10.3. The molecule has 0 aliphatic carbocycles. The molecule has 0 bridgehead atoms. The lowest BCUT2D eigenvalue weighted by atomic mass is 9.98. The van der Waals surface area contributed by atoms with Crippen molar-refractivity contribution in [3.05, 3.63) is 12.2 Å². The Labute approximate surface area is 107 Å². The number of nitrogens with one attached hydrogen (secondary N) is 1. The molecule has 1 rings (SSSR count). The topological polar surface area (TPSA) is 86.7 Å². The molecule has 18 heavy (non-hydrogen) atoms. The summed E-state index contributed by atoms with van der Waals surface area (Å²) in [5, 5.41) is 11.0. The van der Waals surface area contributed by atoms with Crippen LogP contribution in [-0.2, 0) is 14.4 Å². The van der Waals surface area contributed by atoms with Crippen molar-refractivity contribution in [1.29, 1.82) is 0 Å². The van der Waals surface area contributed by atoms with Crippen molar-refractivity contribution in [2.24, 2.45) is 0 Å². The Morgan fingerprint density at radius 1 is 1.67 bits per heavy atom. The molecule has 100 valence electrons. The van der Waals surface area contributed by atoms with Crippen molar-refractivity contribution >= 4 is 29.4 Å². The summed E-state index contributed by atoms with van der Waals surface area (Å²) < 4.78 is 13.7. The number of amides is 2. The molecule has 1 saturated heterocycles. The van der Waals surface area contributed by atoms with Crippen molar-refractivity contribution in [2.75, 3.05) is 5.88 Å². The van der Waals surface area contributed by atoms with Crippen molar-refractivity contribution in [3.8, 4) is 0 Å². The SMILES string of the molecule is C=C(C)C(C(=O)O)N1C(=O)C(NC(=O)CCl)C1F. The summed E-state index contributed by atoms with van der Waals surface area (Å²) in [6, 6.07) is -2.81. The molecular formula is C10H12ClFN2O4. The first kappa shape index (κ1) is 14.4. The minimum atomic E-state index is -1.90. The van der Waals surface area contributed by atoms with Gasteiger partial charge < -0.3 is 10.4 Å². The maximum absolute atomic E-state index is 13.7. The van der Waals surface area contributed by atoms with E-state index in [1.165, 1.54) is 6.92 Å². The van der Waals surface area contributed by atoms with E-state index in [4.69, 9.17) is 16.7 Å². The molecule has 1 heterocycles. The van der Waals surface area contributed by atoms with Crippen molar-refractivity contribution in [3.63, 3.8) is 0 Å². The molecule has 0 radical (unpaired) electrons. The predicted molar refractivity (Wildman–Crippen MR) is 60.6 cm³/mol. The van der Waals surface area contributed by atoms with Gasteiger partial charge >= 0.3 is 5.97 Å². The highest BCUT2D eigenvalue weighted by molar-refractivity contribution is 6.27. The first-order chi connectivity index (χ1) is 8.31. The number of carboxylic acids is 1. The molecule has 0 aromatic carbocycles. The third-order valence-corrected chi connectivity index (χ3v) is 2.72. The number of likely N-dealkylation sites (tertiary alicyclic amines) is 1. The van der Waals surface area contributed by atoms with Gasteiger partial charge in [0.05, 0.1) is 0 Å². The van der Waals surface area contributed by atoms with Gasteiger partial charge in [-0.05, 0) is 12.5 Å². The summed E-state index contributed by atoms with van der Waals surface area (Å²) in [6.45, 7) is 4.78. The van der Waals surface area contributed by atoms with E-state index in [9.17, 15) is 18.8 Å². The van der Waals surface area contributed by atoms with E-state index in [0.717, 1.165) is 0 Å². The Morgan fingerprint density at radius 3 is 2.56 bits per heavy atom. The van der Waals surface area contributed by atoms with Gasteiger partial charge in [0.1, 0.15) is 5.88 Å². The van der Waals surface area contributed by atoms with Gasteiger partial charge in [-0.3, -0.25) is 14.5 Å². The number of carbonyl (C=O) groups excluding carboxylic acids is 2. The number of halogens is 2. The van der Waals surface area contributed by atoms with E-state index >= 15 is 0 Å². The van der Waals surface area contributed by atoms with Gasteiger partial charge in [-0.1, -0.05) is 6.58 Å². The maximum atomic E-state index is 13.7. The normalized spacial score (nSPS) is 24.2. The van der Waals surface area contributed by atoms with Crippen LogP contribution in [0.2, 0.25) is 0 Å². The average Bonchev–Trinajstić information content (AvgIpc) is 2.30. The molecule has 0 spiro atoms. The van der Waals surface area contributed by atoms with Gasteiger partial charge in [-0.2, -0.15) is 0 Å². The lowest BCUT2D eigenvalue weighted by Crippen LogP contribution is -2.72. The Morgan fingerprint density at radius 2 is 2.22 bits per heavy atom. The van der Waals surface area contributed by atoms with E-state index in [1.807, 2.05) is 0 Å². The molecule has 6 nitrogen and oxygen atoms in total. The van der Waals surface area contributed by atoms with Crippen LogP contribution in [0.1, 0.15) is 6.92 Å². The number of hydrogen-bond donors (Lipinski definition) is 2. The zero-order valence-electron chi connectivity index (χ0n) is 9.52. The van der Waals surface area contributed by atoms with E-state index in [0.29, 0.717) is 4.90 Å². The van der Waals surface area contributed by atoms with Crippen LogP contribution in [0, 0.1) is 0 Å². The number of aliphatic carboxylic acids is 1. The van der Waals surface area contributed by atoms with Gasteiger partial charge in [-0.25, -0.2) is 9.18 Å². The molecule has 0 aromatic heterocycles. The Hall–Kier alpha value is -1.63. The fraction of sp³-hybridized carbons (Fsp3) is 0.500. The number of carboxylic acid groups (broad SMARTS) is 1. The summed E-state index contributed by atoms with van der Waals surface area (Å²) in [5.41, 5.74) is 0.126. The molecule has 2 amide bonds. The van der Waals surface area contributed by atoms with Gasteiger partial charge in [0.2, 0.25) is 12.2 Å². The number of nitrogens with zero attached hydrogens (tertiary/aromatic N) is 1. The minimum absolute atomic E-state index is 0.126. The Balaban J connectivity index is 2.79. The molecule has 2 N–H and O–H groups in total. The number of rotatable bonds is 5. The molecule has 1 aliphatic heterocycles. The molecule has 8 heteroatoms. The average molecular weight is 279 g/mol. The van der Waals surface area contributed by atoms with Crippen LogP contribution >= 0.6 is 11.6 Å². The van der Waals surface area contributed by atoms with E-state index in [-0.39, 0.29) is 5.57 Å². The first-order valence-electron chi connectivity index (χ1n) is 5.01. The van der Waals surface area contributed by atoms with Crippen LogP contribution < -0.4 is 5.32 Å². The second-order valence-corrected chi connectivity index (χ2v) is 4.15. The van der Waals surface area contributed by atoms with E-state index < -0.39 is 42.0 Å². The fourth-order valence-electron chi connectivity index (χ4n) is 1.66. The van der Waals surface area contributed by atoms with Gasteiger partial charge in [0.15, 0.2) is 12.1 Å². The van der Waals surface area contributed by atoms with Crippen LogP contribution in [0.3, 0.4) is 0 Å². The van der Waals surface area contributed by atoms with E-state index in [1.54, 1.807) is 0 Å². The monoisotopic (exact) mass is 278 g/mol. The second-order valence-electron chi connectivity index (χ2n) is 3.88. The maximum Gasteiger partial charge on any atom is 0.330 e. The number of carbonyl (C=O) groups is 3. The first-order valence-corrected chi connectivity index (χ1v) is 5.54. The Kier molecular flexibility index (Phi) is 4.28. The molecule has 0 aromatic rings. The van der Waals surface area contributed by atoms with Crippen molar-refractivity contribution in [1.82, 2.24) is 10.2 Å². The number of alkyl halides is 2. The predicted octanol–water partition coefficient (Wildman–Crippen LogP) is -0.123. The summed E-state index contributed by atoms with van der Waals surface area (Å²) in [5.74, 6) is -3.28. The lowest BCUT2D eigenvalue weighted by molar-refractivity contribution is -0.174. The third-order valence-electron chi connectivity index (χ3n) is 2.48. The molecule has 3 unspecified atom stereocenters. The summed E-state index contributed by atoms with van der Waals surface area (Å²) >= 11 is 5.20. The lowest BCUT2D eigenvalue weighted by Gasteiger charge is -2.45. The largest absolute Gasteiger partial charge is 0.479 e. The minimum Gasteiger partial charge on any atom is -0.479 e. The molecule has 0 saturated carbocycles. The molecular weight excluding hydrogens is 267 g/mol. The van der Waals surface area contributed by atoms with Crippen LogP contribution in [-0.4, -0.2) is 52.0 Å². The summed E-state index contributed by atoms with van der Waals surface area (Å²) in [4.78, 5) is 34.0. The molecule has 1 aliphatic rings. The zero-order chi connectivity index (χ0) is 14.0. The standard InChI is InChI=1S/C10H12ClFN2O4/c1-4(2)7(10(17)18)14-8(12)6(9(14)16)13-5(15)3-11/h6-8H,1,3H2,2H3,(H,13,15)(H,17,18). The van der Waals surface area contributed by atoms with Crippen LogP contribution in [0.25, 0.3) is 0 Å². The second kappa shape index (κ2) is 5.34. The quantitative estimate of drug-likeness (QED) is 0.318. The van der Waals surface area contributed by atoms with Crippen LogP contribution in [0.15, 0.2) is 12.2 Å². The Bertz CT molecular complexity index is 401. The van der Waals surface area contributed by atoms with Crippen molar-refractivity contribution in [2.45, 2.75) is 25.3 Å².